The van der Waals surface area contributed by atoms with E-state index in [9.17, 15) is 0 Å². The Kier molecular flexibility index (Phi) is 9.88. The first-order chi connectivity index (χ1) is 5.85. The number of unbranched alkanes of at least 4 members (excludes halogenated alkanes) is 2. The van der Waals surface area contributed by atoms with Gasteiger partial charge in [-0.05, 0) is 24.3 Å². The maximum absolute atomic E-state index is 2.32. The summed E-state index contributed by atoms with van der Waals surface area (Å²) in [5, 5.41) is 2.94. The largest absolute Gasteiger partial charge is 0.158 e. The van der Waals surface area contributed by atoms with E-state index >= 15 is 0 Å². The molecule has 72 valence electrons. The van der Waals surface area contributed by atoms with E-state index in [4.69, 9.17) is 0 Å². The summed E-state index contributed by atoms with van der Waals surface area (Å²) >= 11 is 3.75. The minimum Gasteiger partial charge on any atom is -0.158 e. The van der Waals surface area contributed by atoms with Crippen LogP contribution < -0.4 is 0 Å². The fourth-order valence-electron chi connectivity index (χ4n) is 1.05. The van der Waals surface area contributed by atoms with Gasteiger partial charge in [0.25, 0.3) is 0 Å². The van der Waals surface area contributed by atoms with Crippen LogP contribution in [0.4, 0.5) is 0 Å². The van der Waals surface area contributed by atoms with Crippen molar-refractivity contribution < 1.29 is 0 Å². The van der Waals surface area contributed by atoms with Crippen molar-refractivity contribution in [2.24, 2.45) is 0 Å². The van der Waals surface area contributed by atoms with Crippen LogP contribution in [0.5, 0.6) is 0 Å². The number of hydrogen-bond donors (Lipinski definition) is 0. The van der Waals surface area contributed by atoms with Crippen LogP contribution in [0.3, 0.4) is 0 Å². The highest BCUT2D eigenvalue weighted by molar-refractivity contribution is 8.01. The molecule has 12 heavy (non-hydrogen) atoms. The predicted octanol–water partition coefficient (Wildman–Crippen LogP) is 4.18. The molecular formula is C10H20S2. The van der Waals surface area contributed by atoms with Gasteiger partial charge in [-0.1, -0.05) is 32.3 Å². The van der Waals surface area contributed by atoms with E-state index in [1.807, 2.05) is 11.8 Å². The van der Waals surface area contributed by atoms with Crippen molar-refractivity contribution in [3.8, 4) is 0 Å². The van der Waals surface area contributed by atoms with E-state index in [1.54, 1.807) is 11.8 Å². The molecule has 0 aromatic rings. The van der Waals surface area contributed by atoms with Crippen LogP contribution in [0.1, 0.15) is 32.6 Å². The second-order valence-corrected chi connectivity index (χ2v) is 4.65. The van der Waals surface area contributed by atoms with Crippen molar-refractivity contribution in [1.29, 1.82) is 0 Å². The average molecular weight is 204 g/mol. The molecule has 0 fully saturated rings. The number of hydrogen-bond acceptors (Lipinski definition) is 2. The summed E-state index contributed by atoms with van der Waals surface area (Å²) in [6.45, 7) is 2.26. The molecule has 0 nitrogen and oxygen atoms in total. The summed E-state index contributed by atoms with van der Waals surface area (Å²) < 4.78 is 0. The van der Waals surface area contributed by atoms with Gasteiger partial charge in [-0.3, -0.25) is 0 Å². The van der Waals surface area contributed by atoms with Gasteiger partial charge < -0.3 is 0 Å². The Balaban J connectivity index is 3.46. The molecule has 0 aliphatic rings. The summed E-state index contributed by atoms with van der Waals surface area (Å²) in [6, 6.07) is 0. The maximum Gasteiger partial charge on any atom is 0.0232 e. The molecule has 0 bridgehead atoms. The summed E-state index contributed by atoms with van der Waals surface area (Å²) in [5.74, 6) is 0. The minimum atomic E-state index is 0.740. The Morgan fingerprint density at radius 3 is 2.50 bits per heavy atom. The fourth-order valence-corrected chi connectivity index (χ4v) is 2.14. The molecule has 0 aromatic heterocycles. The first-order valence-corrected chi connectivity index (χ1v) is 7.15. The van der Waals surface area contributed by atoms with Crippen LogP contribution in [0.2, 0.25) is 0 Å². The van der Waals surface area contributed by atoms with E-state index in [1.165, 1.54) is 25.7 Å². The van der Waals surface area contributed by atoms with E-state index in [0.29, 0.717) is 0 Å². The molecular weight excluding hydrogens is 184 g/mol. The lowest BCUT2D eigenvalue weighted by Gasteiger charge is -2.07. The van der Waals surface area contributed by atoms with Crippen LogP contribution in [0.25, 0.3) is 0 Å². The molecule has 1 atom stereocenters. The summed E-state index contributed by atoms with van der Waals surface area (Å²) in [7, 11) is 0. The van der Waals surface area contributed by atoms with Crippen molar-refractivity contribution in [3.63, 3.8) is 0 Å². The van der Waals surface area contributed by atoms with Crippen molar-refractivity contribution in [2.45, 2.75) is 37.9 Å². The van der Waals surface area contributed by atoms with Gasteiger partial charge in [-0.15, -0.1) is 11.8 Å². The highest BCUT2D eigenvalue weighted by Gasteiger charge is 2.00. The molecule has 0 amide bonds. The van der Waals surface area contributed by atoms with E-state index in [-0.39, 0.29) is 0 Å². The zero-order valence-corrected chi connectivity index (χ0v) is 10.0. The predicted molar refractivity (Wildman–Crippen MR) is 64.1 cm³/mol. The van der Waals surface area contributed by atoms with Gasteiger partial charge in [0.15, 0.2) is 0 Å². The second kappa shape index (κ2) is 9.53. The molecule has 0 radical (unpaired) electrons. The van der Waals surface area contributed by atoms with Crippen LogP contribution >= 0.6 is 23.5 Å². The van der Waals surface area contributed by atoms with Crippen molar-refractivity contribution in [2.75, 3.05) is 12.5 Å². The highest BCUT2D eigenvalue weighted by atomic mass is 32.2. The molecule has 0 N–H and O–H groups in total. The Labute approximate surface area is 85.6 Å². The monoisotopic (exact) mass is 204 g/mol. The van der Waals surface area contributed by atoms with Gasteiger partial charge in [0.1, 0.15) is 0 Å². The topological polar surface area (TPSA) is 0 Å². The summed E-state index contributed by atoms with van der Waals surface area (Å²) in [5.41, 5.74) is 0. The molecule has 0 aliphatic heterocycles. The first-order valence-electron chi connectivity index (χ1n) is 4.57. The number of rotatable bonds is 7. The zero-order valence-electron chi connectivity index (χ0n) is 8.38. The van der Waals surface area contributed by atoms with Gasteiger partial charge >= 0.3 is 0 Å². The third kappa shape index (κ3) is 7.11. The van der Waals surface area contributed by atoms with Crippen LogP contribution in [0.15, 0.2) is 11.5 Å². The van der Waals surface area contributed by atoms with Gasteiger partial charge in [0.05, 0.1) is 0 Å². The zero-order chi connectivity index (χ0) is 9.23. The van der Waals surface area contributed by atoms with Crippen molar-refractivity contribution >= 4 is 23.5 Å². The highest BCUT2D eigenvalue weighted by Crippen LogP contribution is 2.17. The lowest BCUT2D eigenvalue weighted by atomic mass is 10.1. The van der Waals surface area contributed by atoms with Crippen LogP contribution in [-0.2, 0) is 0 Å². The molecule has 0 saturated heterocycles. The third-order valence-corrected chi connectivity index (χ3v) is 3.25. The Morgan fingerprint density at radius 1 is 1.25 bits per heavy atom. The second-order valence-electron chi connectivity index (χ2n) is 2.83. The molecule has 2 heteroatoms. The SMILES string of the molecule is CCCCCC(/C=C/SC)SC. The van der Waals surface area contributed by atoms with Gasteiger partial charge in [-0.25, -0.2) is 0 Å². The third-order valence-electron chi connectivity index (χ3n) is 1.82. The van der Waals surface area contributed by atoms with Gasteiger partial charge in [-0.2, -0.15) is 11.8 Å². The first kappa shape index (κ1) is 12.4. The standard InChI is InChI=1S/C10H20S2/c1-4-5-6-7-10(12-3)8-9-11-2/h8-10H,4-7H2,1-3H3/b9-8+. The smallest absolute Gasteiger partial charge is 0.0232 e. The van der Waals surface area contributed by atoms with Gasteiger partial charge in [0, 0.05) is 5.25 Å². The number of thioether (sulfide) groups is 2. The molecule has 0 aromatic carbocycles. The van der Waals surface area contributed by atoms with Crippen molar-refractivity contribution in [1.82, 2.24) is 0 Å². The Bertz CT molecular complexity index is 110. The van der Waals surface area contributed by atoms with Crippen LogP contribution in [0, 0.1) is 0 Å². The molecule has 0 aliphatic carbocycles. The molecule has 0 heterocycles. The van der Waals surface area contributed by atoms with Crippen LogP contribution in [-0.4, -0.2) is 17.8 Å². The Hall–Kier alpha value is 0.440. The van der Waals surface area contributed by atoms with Crippen molar-refractivity contribution in [3.05, 3.63) is 11.5 Å². The summed E-state index contributed by atoms with van der Waals surface area (Å²) in [4.78, 5) is 0. The minimum absolute atomic E-state index is 0.740. The van der Waals surface area contributed by atoms with E-state index in [2.05, 4.69) is 30.9 Å². The quantitative estimate of drug-likeness (QED) is 0.571. The molecule has 0 saturated carbocycles. The normalized spacial score (nSPS) is 13.9. The molecule has 0 rings (SSSR count). The lowest BCUT2D eigenvalue weighted by molar-refractivity contribution is 0.681. The van der Waals surface area contributed by atoms with E-state index in [0.717, 1.165) is 5.25 Å². The molecule has 0 spiro atoms. The maximum atomic E-state index is 2.32. The molecule has 1 unspecified atom stereocenters. The summed E-state index contributed by atoms with van der Waals surface area (Å²) in [6.07, 6.45) is 12.1. The van der Waals surface area contributed by atoms with E-state index < -0.39 is 0 Å². The fraction of sp³-hybridized carbons (Fsp3) is 0.800. The Morgan fingerprint density at radius 2 is 2.00 bits per heavy atom. The van der Waals surface area contributed by atoms with Gasteiger partial charge in [0.2, 0.25) is 0 Å². The average Bonchev–Trinajstić information content (AvgIpc) is 2.11. The lowest BCUT2D eigenvalue weighted by Crippen LogP contribution is -1.96.